The predicted molar refractivity (Wildman–Crippen MR) is 84.5 cm³/mol. The van der Waals surface area contributed by atoms with Crippen LogP contribution in [-0.4, -0.2) is 15.8 Å². The monoisotopic (exact) mass is 300 g/mol. The lowest BCUT2D eigenvalue weighted by molar-refractivity contribution is 0.101. The van der Waals surface area contributed by atoms with Gasteiger partial charge in [0.2, 0.25) is 0 Å². The second kappa shape index (κ2) is 5.89. The molecule has 2 heterocycles. The van der Waals surface area contributed by atoms with E-state index in [2.05, 4.69) is 23.1 Å². The number of pyridine rings is 2. The Morgan fingerprint density at radius 1 is 1.48 bits per heavy atom. The van der Waals surface area contributed by atoms with Crippen LogP contribution < -0.4 is 16.1 Å². The lowest BCUT2D eigenvalue weighted by Crippen LogP contribution is -2.38. The van der Waals surface area contributed by atoms with Crippen molar-refractivity contribution in [2.75, 3.05) is 0 Å². The Kier molecular flexibility index (Phi) is 4.19. The third-order valence-corrected chi connectivity index (χ3v) is 3.05. The number of ketones is 1. The first kappa shape index (κ1) is 14.9. The molecule has 4 nitrogen and oxygen atoms in total. The van der Waals surface area contributed by atoms with Crippen molar-refractivity contribution in [2.24, 2.45) is 0 Å². The van der Waals surface area contributed by atoms with Crippen LogP contribution in [0.15, 0.2) is 40.9 Å². The van der Waals surface area contributed by atoms with Gasteiger partial charge in [0, 0.05) is 39.1 Å². The molecule has 0 saturated carbocycles. The summed E-state index contributed by atoms with van der Waals surface area (Å²) in [6, 6.07) is 3.49. The maximum Gasteiger partial charge on any atom is 0.259 e. The van der Waals surface area contributed by atoms with E-state index in [9.17, 15) is 9.59 Å². The molecular weight excluding hydrogens is 288 g/mol. The molecule has 21 heavy (non-hydrogen) atoms. The van der Waals surface area contributed by atoms with Gasteiger partial charge >= 0.3 is 0 Å². The molecule has 2 rings (SSSR count). The first-order valence-electron chi connectivity index (χ1n) is 6.14. The first-order valence-corrected chi connectivity index (χ1v) is 6.52. The van der Waals surface area contributed by atoms with Crippen LogP contribution in [-0.2, 0) is 0 Å². The number of hydrogen-bond acceptors (Lipinski definition) is 3. The Morgan fingerprint density at radius 3 is 2.71 bits per heavy atom. The predicted octanol–water partition coefficient (Wildman–Crippen LogP) is 1.58. The van der Waals surface area contributed by atoms with Gasteiger partial charge in [0.1, 0.15) is 0 Å². The number of carbonyl (C=O) groups is 1. The van der Waals surface area contributed by atoms with Gasteiger partial charge in [-0.2, -0.15) is 0 Å². The number of H-pyrrole nitrogens is 1. The molecule has 0 radical (unpaired) electrons. The fourth-order valence-corrected chi connectivity index (χ4v) is 2.24. The van der Waals surface area contributed by atoms with E-state index in [4.69, 9.17) is 11.6 Å². The van der Waals surface area contributed by atoms with Crippen LogP contribution in [0.2, 0.25) is 0 Å². The SMILES string of the molecule is C=C(Cl)/C=c1/c(-c2cccnc2)c(C(C)=O)c(=O)[nH]c1=C. The zero-order chi connectivity index (χ0) is 15.6. The molecule has 0 amide bonds. The third-order valence-electron chi connectivity index (χ3n) is 2.94. The van der Waals surface area contributed by atoms with E-state index < -0.39 is 5.56 Å². The molecule has 0 fully saturated rings. The highest BCUT2D eigenvalue weighted by Crippen LogP contribution is 2.16. The summed E-state index contributed by atoms with van der Waals surface area (Å²) in [5.74, 6) is -0.343. The summed E-state index contributed by atoms with van der Waals surface area (Å²) in [7, 11) is 0. The average molecular weight is 301 g/mol. The van der Waals surface area contributed by atoms with Crippen molar-refractivity contribution in [3.05, 3.63) is 62.6 Å². The minimum Gasteiger partial charge on any atom is -0.322 e. The van der Waals surface area contributed by atoms with Crippen molar-refractivity contribution >= 4 is 30.0 Å². The number of aromatic nitrogens is 2. The quantitative estimate of drug-likeness (QED) is 0.876. The van der Waals surface area contributed by atoms with Gasteiger partial charge in [-0.05, 0) is 19.1 Å². The molecule has 0 aliphatic rings. The largest absolute Gasteiger partial charge is 0.322 e. The number of aromatic amines is 1. The van der Waals surface area contributed by atoms with Gasteiger partial charge in [-0.25, -0.2) is 0 Å². The molecule has 0 spiro atoms. The van der Waals surface area contributed by atoms with E-state index in [1.807, 2.05) is 0 Å². The van der Waals surface area contributed by atoms with Crippen molar-refractivity contribution in [3.8, 4) is 11.1 Å². The number of carbonyl (C=O) groups excluding carboxylic acids is 1. The van der Waals surface area contributed by atoms with Crippen molar-refractivity contribution in [2.45, 2.75) is 6.92 Å². The molecule has 0 aromatic carbocycles. The maximum atomic E-state index is 12.1. The zero-order valence-corrected chi connectivity index (χ0v) is 12.2. The average Bonchev–Trinajstić information content (AvgIpc) is 2.41. The molecule has 5 heteroatoms. The molecule has 2 aromatic heterocycles. The van der Waals surface area contributed by atoms with Gasteiger partial charge < -0.3 is 4.98 Å². The molecule has 106 valence electrons. The Bertz CT molecular complexity index is 883. The number of rotatable bonds is 3. The minimum absolute atomic E-state index is 0.0552. The number of hydrogen-bond donors (Lipinski definition) is 1. The summed E-state index contributed by atoms with van der Waals surface area (Å²) < 4.78 is 0. The van der Waals surface area contributed by atoms with Crippen molar-refractivity contribution < 1.29 is 4.79 Å². The molecule has 2 aromatic rings. The number of allylic oxidation sites excluding steroid dienone is 1. The normalized spacial score (nSPS) is 11.4. The highest BCUT2D eigenvalue weighted by molar-refractivity contribution is 6.33. The van der Waals surface area contributed by atoms with Crippen LogP contribution in [0.25, 0.3) is 23.8 Å². The summed E-state index contributed by atoms with van der Waals surface area (Å²) in [5, 5.41) is 1.19. The zero-order valence-electron chi connectivity index (χ0n) is 11.4. The molecule has 0 aliphatic heterocycles. The summed E-state index contributed by atoms with van der Waals surface area (Å²) in [4.78, 5) is 30.6. The van der Waals surface area contributed by atoms with Crippen molar-refractivity contribution in [1.82, 2.24) is 9.97 Å². The van der Waals surface area contributed by atoms with Crippen LogP contribution in [0.3, 0.4) is 0 Å². The Labute approximate surface area is 126 Å². The van der Waals surface area contributed by atoms with Gasteiger partial charge in [-0.1, -0.05) is 30.8 Å². The van der Waals surface area contributed by atoms with Gasteiger partial charge in [0.05, 0.1) is 5.56 Å². The first-order chi connectivity index (χ1) is 9.91. The molecule has 0 bridgehead atoms. The van der Waals surface area contributed by atoms with Gasteiger partial charge in [-0.3, -0.25) is 14.6 Å². The smallest absolute Gasteiger partial charge is 0.259 e. The fourth-order valence-electron chi connectivity index (χ4n) is 2.13. The number of Topliss-reactive ketones (excluding diaryl/α,β-unsaturated/α-hetero) is 1. The molecular formula is C16H13ClN2O2. The van der Waals surface area contributed by atoms with E-state index in [0.29, 0.717) is 21.7 Å². The maximum absolute atomic E-state index is 12.1. The molecule has 0 saturated heterocycles. The standard InChI is InChI=1S/C16H13ClN2O2/c1-9(17)7-13-10(2)19-16(21)14(11(3)20)15(13)12-5-4-6-18-8-12/h4-8H,1-2H2,3H3,(H,19,21)/b13-7+. The highest BCUT2D eigenvalue weighted by atomic mass is 35.5. The summed E-state index contributed by atoms with van der Waals surface area (Å²) >= 11 is 5.85. The van der Waals surface area contributed by atoms with Crippen molar-refractivity contribution in [1.29, 1.82) is 0 Å². The topological polar surface area (TPSA) is 62.8 Å². The highest BCUT2D eigenvalue weighted by Gasteiger charge is 2.16. The Balaban J connectivity index is 3.07. The molecule has 0 aliphatic carbocycles. The Hall–Kier alpha value is -2.46. The second-order valence-corrected chi connectivity index (χ2v) is 4.97. The molecule has 1 N–H and O–H groups in total. The summed E-state index contributed by atoms with van der Waals surface area (Å²) in [6.45, 7) is 8.76. The second-order valence-electron chi connectivity index (χ2n) is 4.49. The van der Waals surface area contributed by atoms with E-state index in [0.717, 1.165) is 0 Å². The van der Waals surface area contributed by atoms with Crippen LogP contribution in [0.5, 0.6) is 0 Å². The number of halogens is 1. The van der Waals surface area contributed by atoms with Crippen molar-refractivity contribution in [3.63, 3.8) is 0 Å². The number of nitrogens with zero attached hydrogens (tertiary/aromatic N) is 1. The van der Waals surface area contributed by atoms with Crippen LogP contribution in [0.4, 0.5) is 0 Å². The summed E-state index contributed by atoms with van der Waals surface area (Å²) in [6.07, 6.45) is 4.75. The lowest BCUT2D eigenvalue weighted by Gasteiger charge is -2.08. The molecule has 0 unspecified atom stereocenters. The minimum atomic E-state index is -0.483. The third kappa shape index (κ3) is 3.01. The van der Waals surface area contributed by atoms with Crippen LogP contribution >= 0.6 is 11.6 Å². The Morgan fingerprint density at radius 2 is 2.19 bits per heavy atom. The van der Waals surface area contributed by atoms with E-state index >= 15 is 0 Å². The summed E-state index contributed by atoms with van der Waals surface area (Å²) in [5.41, 5.74) is 0.678. The van der Waals surface area contributed by atoms with Gasteiger partial charge in [0.15, 0.2) is 5.78 Å². The fraction of sp³-hybridized carbons (Fsp3) is 0.0625. The van der Waals surface area contributed by atoms with E-state index in [1.165, 1.54) is 6.92 Å². The van der Waals surface area contributed by atoms with Crippen LogP contribution in [0, 0.1) is 0 Å². The molecule has 0 atom stereocenters. The van der Waals surface area contributed by atoms with E-state index in [1.54, 1.807) is 30.6 Å². The van der Waals surface area contributed by atoms with Gasteiger partial charge in [0.25, 0.3) is 5.56 Å². The number of nitrogens with one attached hydrogen (secondary N) is 1. The van der Waals surface area contributed by atoms with Gasteiger partial charge in [-0.15, -0.1) is 0 Å². The lowest BCUT2D eigenvalue weighted by atomic mass is 9.97. The van der Waals surface area contributed by atoms with Crippen LogP contribution in [0.1, 0.15) is 17.3 Å². The van der Waals surface area contributed by atoms with E-state index in [-0.39, 0.29) is 16.4 Å².